The summed E-state index contributed by atoms with van der Waals surface area (Å²) in [4.78, 5) is 0. The van der Waals surface area contributed by atoms with Crippen LogP contribution in [-0.2, 0) is 12.8 Å². The van der Waals surface area contributed by atoms with Gasteiger partial charge in [0.1, 0.15) is 0 Å². The van der Waals surface area contributed by atoms with Gasteiger partial charge in [-0.15, -0.1) is 0 Å². The number of nitrogens with zero attached hydrogens (tertiary/aromatic N) is 1. The van der Waals surface area contributed by atoms with Gasteiger partial charge in [-0.2, -0.15) is 0 Å². The molecule has 0 unspecified atom stereocenters. The molecule has 1 heteroatoms. The van der Waals surface area contributed by atoms with Crippen molar-refractivity contribution >= 4 is 11.4 Å². The number of hydrogen-bond donors (Lipinski definition) is 0. The lowest BCUT2D eigenvalue weighted by molar-refractivity contribution is 0.667. The molecule has 0 aliphatic heterocycles. The number of rotatable bonds is 12. The maximum absolute atomic E-state index is 4.74. The molecule has 0 fully saturated rings. The van der Waals surface area contributed by atoms with Gasteiger partial charge in [0.2, 0.25) is 0 Å². The van der Waals surface area contributed by atoms with Crippen molar-refractivity contribution in [2.24, 2.45) is 0 Å². The third kappa shape index (κ3) is 7.77. The molecule has 135 valence electrons. The van der Waals surface area contributed by atoms with Crippen molar-refractivity contribution in [3.63, 3.8) is 0 Å². The Balaban J connectivity index is 1.77. The van der Waals surface area contributed by atoms with Crippen molar-refractivity contribution in [1.82, 2.24) is 5.32 Å². The minimum Gasteiger partial charge on any atom is -0.249 e. The van der Waals surface area contributed by atoms with Crippen LogP contribution in [-0.4, -0.2) is 0 Å². The first-order valence-electron chi connectivity index (χ1n) is 10.2. The maximum atomic E-state index is 4.74. The standard InChI is InChI=1S/C24H34N/c1-3-5-7-9-11-21-13-17-23(18-14-21)25-24-19-15-22(16-20-24)12-10-8-6-4-2/h13-20H,3-12H2,1-2H3. The van der Waals surface area contributed by atoms with Crippen molar-refractivity contribution in [1.29, 1.82) is 0 Å². The number of hydrogen-bond acceptors (Lipinski definition) is 0. The highest BCUT2D eigenvalue weighted by atomic mass is 14.9. The highest BCUT2D eigenvalue weighted by Gasteiger charge is 2.00. The molecule has 0 aliphatic carbocycles. The lowest BCUT2D eigenvalue weighted by Gasteiger charge is -2.07. The summed E-state index contributed by atoms with van der Waals surface area (Å²) in [7, 11) is 0. The minimum absolute atomic E-state index is 1.05. The van der Waals surface area contributed by atoms with E-state index in [1.807, 2.05) is 0 Å². The van der Waals surface area contributed by atoms with Gasteiger partial charge in [-0.25, -0.2) is 5.32 Å². The van der Waals surface area contributed by atoms with Crippen LogP contribution < -0.4 is 5.32 Å². The Morgan fingerprint density at radius 1 is 0.520 bits per heavy atom. The van der Waals surface area contributed by atoms with E-state index in [2.05, 4.69) is 62.4 Å². The first-order valence-corrected chi connectivity index (χ1v) is 10.2. The van der Waals surface area contributed by atoms with E-state index in [4.69, 9.17) is 5.32 Å². The van der Waals surface area contributed by atoms with Crippen molar-refractivity contribution in [3.05, 3.63) is 59.7 Å². The summed E-state index contributed by atoms with van der Waals surface area (Å²) in [5.74, 6) is 0. The van der Waals surface area contributed by atoms with Gasteiger partial charge in [0.25, 0.3) is 0 Å². The Hall–Kier alpha value is -1.76. The second-order valence-corrected chi connectivity index (χ2v) is 7.07. The maximum Gasteiger partial charge on any atom is 0.0637 e. The average Bonchev–Trinajstić information content (AvgIpc) is 2.65. The largest absolute Gasteiger partial charge is 0.249 e. The summed E-state index contributed by atoms with van der Waals surface area (Å²) in [6.45, 7) is 4.52. The van der Waals surface area contributed by atoms with Crippen molar-refractivity contribution < 1.29 is 0 Å². The van der Waals surface area contributed by atoms with E-state index < -0.39 is 0 Å². The van der Waals surface area contributed by atoms with Crippen molar-refractivity contribution in [3.8, 4) is 0 Å². The van der Waals surface area contributed by atoms with Crippen LogP contribution in [0.5, 0.6) is 0 Å². The van der Waals surface area contributed by atoms with Crippen LogP contribution in [0.3, 0.4) is 0 Å². The number of aryl methyl sites for hydroxylation is 2. The third-order valence-corrected chi connectivity index (χ3v) is 4.77. The molecule has 0 amide bonds. The molecule has 0 heterocycles. The molecule has 2 aromatic carbocycles. The van der Waals surface area contributed by atoms with Crippen LogP contribution >= 0.6 is 0 Å². The Kier molecular flexibility index (Phi) is 9.18. The molecule has 0 saturated carbocycles. The molecule has 2 aromatic rings. The molecule has 0 atom stereocenters. The lowest BCUT2D eigenvalue weighted by atomic mass is 10.1. The van der Waals surface area contributed by atoms with Gasteiger partial charge in [0.05, 0.1) is 11.4 Å². The van der Waals surface area contributed by atoms with Crippen LogP contribution in [0.4, 0.5) is 11.4 Å². The molecule has 0 aromatic heterocycles. The lowest BCUT2D eigenvalue weighted by Crippen LogP contribution is -1.92. The Morgan fingerprint density at radius 2 is 0.920 bits per heavy atom. The molecular weight excluding hydrogens is 302 g/mol. The van der Waals surface area contributed by atoms with Gasteiger partial charge in [-0.1, -0.05) is 76.6 Å². The summed E-state index contributed by atoms with van der Waals surface area (Å²) in [5, 5.41) is 4.74. The highest BCUT2D eigenvalue weighted by Crippen LogP contribution is 2.20. The fourth-order valence-electron chi connectivity index (χ4n) is 3.14. The SMILES string of the molecule is CCCCCCc1ccc([N]c2ccc(CCCCCC)cc2)cc1. The molecule has 25 heavy (non-hydrogen) atoms. The zero-order chi connectivity index (χ0) is 17.7. The fourth-order valence-corrected chi connectivity index (χ4v) is 3.14. The summed E-state index contributed by atoms with van der Waals surface area (Å²) in [5.41, 5.74) is 4.95. The molecule has 0 spiro atoms. The number of unbranched alkanes of at least 4 members (excludes halogenated alkanes) is 6. The molecule has 0 N–H and O–H groups in total. The number of benzene rings is 2. The van der Waals surface area contributed by atoms with Crippen molar-refractivity contribution in [2.45, 2.75) is 78.1 Å². The predicted molar refractivity (Wildman–Crippen MR) is 110 cm³/mol. The molecule has 1 nitrogen and oxygen atoms in total. The van der Waals surface area contributed by atoms with Gasteiger partial charge in [-0.3, -0.25) is 0 Å². The van der Waals surface area contributed by atoms with E-state index in [1.54, 1.807) is 0 Å². The Labute approximate surface area is 154 Å². The van der Waals surface area contributed by atoms with E-state index in [9.17, 15) is 0 Å². The normalized spacial score (nSPS) is 10.8. The second kappa shape index (κ2) is 11.7. The Bertz CT molecular complexity index is 515. The highest BCUT2D eigenvalue weighted by molar-refractivity contribution is 5.49. The summed E-state index contributed by atoms with van der Waals surface area (Å²) >= 11 is 0. The Morgan fingerprint density at radius 3 is 1.28 bits per heavy atom. The molecular formula is C24H34N. The summed E-state index contributed by atoms with van der Waals surface area (Å²) < 4.78 is 0. The molecule has 2 rings (SSSR count). The first-order chi connectivity index (χ1) is 12.3. The van der Waals surface area contributed by atoms with Gasteiger partial charge >= 0.3 is 0 Å². The second-order valence-electron chi connectivity index (χ2n) is 7.07. The van der Waals surface area contributed by atoms with Crippen molar-refractivity contribution in [2.75, 3.05) is 0 Å². The zero-order valence-corrected chi connectivity index (χ0v) is 16.1. The van der Waals surface area contributed by atoms with Crippen LogP contribution in [0.15, 0.2) is 48.5 Å². The molecule has 0 saturated heterocycles. The summed E-state index contributed by atoms with van der Waals surface area (Å²) in [6.07, 6.45) is 12.9. The predicted octanol–water partition coefficient (Wildman–Crippen LogP) is 7.50. The van der Waals surface area contributed by atoms with Gasteiger partial charge in [-0.05, 0) is 61.1 Å². The molecule has 1 radical (unpaired) electrons. The van der Waals surface area contributed by atoms with E-state index in [-0.39, 0.29) is 0 Å². The quantitative estimate of drug-likeness (QED) is 0.356. The molecule has 0 aliphatic rings. The first kappa shape index (κ1) is 19.6. The fraction of sp³-hybridized carbons (Fsp3) is 0.500. The smallest absolute Gasteiger partial charge is 0.0637 e. The monoisotopic (exact) mass is 336 g/mol. The van der Waals surface area contributed by atoms with E-state index in [1.165, 1.54) is 75.3 Å². The van der Waals surface area contributed by atoms with Crippen LogP contribution in [0.2, 0.25) is 0 Å². The van der Waals surface area contributed by atoms with Gasteiger partial charge < -0.3 is 0 Å². The van der Waals surface area contributed by atoms with E-state index in [0.717, 1.165) is 11.4 Å². The molecule has 0 bridgehead atoms. The van der Waals surface area contributed by atoms with E-state index >= 15 is 0 Å². The van der Waals surface area contributed by atoms with Gasteiger partial charge in [0, 0.05) is 0 Å². The zero-order valence-electron chi connectivity index (χ0n) is 16.1. The minimum atomic E-state index is 1.05. The summed E-state index contributed by atoms with van der Waals surface area (Å²) in [6, 6.07) is 17.5. The van der Waals surface area contributed by atoms with Crippen LogP contribution in [0.1, 0.15) is 76.3 Å². The van der Waals surface area contributed by atoms with E-state index in [0.29, 0.717) is 0 Å². The third-order valence-electron chi connectivity index (χ3n) is 4.77. The van der Waals surface area contributed by atoms with Crippen LogP contribution in [0, 0.1) is 0 Å². The average molecular weight is 337 g/mol. The van der Waals surface area contributed by atoms with Crippen LogP contribution in [0.25, 0.3) is 0 Å². The van der Waals surface area contributed by atoms with Gasteiger partial charge in [0.15, 0.2) is 0 Å². The topological polar surface area (TPSA) is 14.1 Å².